The number of halogens is 8. The van der Waals surface area contributed by atoms with Crippen LogP contribution in [0.15, 0.2) is 93.9 Å². The van der Waals surface area contributed by atoms with Gasteiger partial charge in [-0.2, -0.15) is 26.3 Å². The van der Waals surface area contributed by atoms with Crippen molar-refractivity contribution in [2.24, 2.45) is 0 Å². The zero-order valence-electron chi connectivity index (χ0n) is 24.7. The molecule has 0 saturated carbocycles. The van der Waals surface area contributed by atoms with Gasteiger partial charge in [-0.25, -0.2) is 0 Å². The van der Waals surface area contributed by atoms with E-state index in [-0.39, 0.29) is 67.6 Å². The molecule has 0 saturated heterocycles. The van der Waals surface area contributed by atoms with Gasteiger partial charge in [-0.1, -0.05) is 39.3 Å². The average Bonchev–Trinajstić information content (AvgIpc) is 2.96. The van der Waals surface area contributed by atoms with Crippen LogP contribution in [0.4, 0.5) is 26.3 Å². The second-order valence-corrected chi connectivity index (χ2v) is 9.67. The second-order valence-electron chi connectivity index (χ2n) is 7.96. The smallest absolute Gasteiger partial charge is 1.00 e. The Morgan fingerprint density at radius 3 is 1.37 bits per heavy atom. The third kappa shape index (κ3) is 15.1. The Morgan fingerprint density at radius 1 is 0.674 bits per heavy atom. The molecule has 0 unspecified atom stereocenters. The number of ether oxygens (including phenoxy) is 2. The number of rotatable bonds is 6. The minimum atomic E-state index is -4.37. The Balaban J connectivity index is -0.000000339. The van der Waals surface area contributed by atoms with Crippen molar-refractivity contribution in [2.75, 3.05) is 7.11 Å². The predicted octanol–water partition coefficient (Wildman–Crippen LogP) is 6.42. The van der Waals surface area contributed by atoms with Crippen LogP contribution in [0.5, 0.6) is 23.0 Å². The molecule has 0 atom stereocenters. The zero-order valence-corrected chi connectivity index (χ0v) is 28.8. The molecule has 5 nitrogen and oxygen atoms in total. The Morgan fingerprint density at radius 2 is 1.02 bits per heavy atom. The zero-order chi connectivity index (χ0) is 31.5. The molecule has 0 fully saturated rings. The molecule has 4 rings (SSSR count). The van der Waals surface area contributed by atoms with Crippen molar-refractivity contribution in [2.45, 2.75) is 26.4 Å². The van der Waals surface area contributed by atoms with Crippen LogP contribution in [0.2, 0.25) is 0 Å². The first kappa shape index (κ1) is 48.1. The van der Waals surface area contributed by atoms with Gasteiger partial charge in [0.25, 0.3) is 0 Å². The fraction of sp³-hybridized carbons (Fsp3) is 0.167. The predicted molar refractivity (Wildman–Crippen MR) is 170 cm³/mol. The molecule has 0 aromatic heterocycles. The Labute approximate surface area is 307 Å². The molecule has 4 aromatic rings. The molecule has 0 heterocycles. The molecule has 0 bridgehead atoms. The van der Waals surface area contributed by atoms with Crippen molar-refractivity contribution < 1.29 is 81.8 Å². The summed E-state index contributed by atoms with van der Waals surface area (Å²) in [5.41, 5.74) is -0.435. The summed E-state index contributed by atoms with van der Waals surface area (Å²) in [6, 6.07) is 18.5. The number of hydrogen-bond donors (Lipinski definition) is 2. The van der Waals surface area contributed by atoms with E-state index >= 15 is 0 Å². The topological polar surface area (TPSA) is 76.0 Å². The second kappa shape index (κ2) is 22.3. The SMILES string of the molecule is C.CO.O=Cc1cc(Oc2ccc(C(F)(F)F)cc2)ccc1Br.OCc1cc(Oc2ccc(C(F)(F)F)cc2)ccc1Br.[B].[B].[H-].[Na+]. The molecule has 0 aliphatic carbocycles. The number of aldehydes is 1. The summed E-state index contributed by atoms with van der Waals surface area (Å²) in [4.78, 5) is 10.8. The minimum absolute atomic E-state index is 0. The van der Waals surface area contributed by atoms with Crippen LogP contribution in [-0.4, -0.2) is 40.4 Å². The Kier molecular flexibility index (Phi) is 23.4. The molecule has 0 aliphatic rings. The van der Waals surface area contributed by atoms with Gasteiger partial charge in [0.1, 0.15) is 23.0 Å². The van der Waals surface area contributed by atoms with Gasteiger partial charge in [-0.3, -0.25) is 4.79 Å². The van der Waals surface area contributed by atoms with E-state index in [2.05, 4.69) is 31.9 Å². The van der Waals surface area contributed by atoms with Gasteiger partial charge >= 0.3 is 41.9 Å². The van der Waals surface area contributed by atoms with Crippen LogP contribution in [0, 0.1) is 0 Å². The van der Waals surface area contributed by atoms with Gasteiger partial charge < -0.3 is 21.1 Å². The van der Waals surface area contributed by atoms with Gasteiger partial charge in [-0.15, -0.1) is 0 Å². The number of aliphatic hydroxyl groups is 2. The van der Waals surface area contributed by atoms with E-state index in [1.54, 1.807) is 30.3 Å². The molecular weight excluding hydrogens is 759 g/mol. The summed E-state index contributed by atoms with van der Waals surface area (Å²) in [6.45, 7) is -0.162. The molecule has 2 N–H and O–H groups in total. The summed E-state index contributed by atoms with van der Waals surface area (Å²) in [7, 11) is 1.00. The molecule has 0 amide bonds. The quantitative estimate of drug-likeness (QED) is 0.134. The van der Waals surface area contributed by atoms with Crippen molar-refractivity contribution in [3.63, 3.8) is 0 Å². The van der Waals surface area contributed by atoms with E-state index in [1.807, 2.05) is 0 Å². The van der Waals surface area contributed by atoms with Crippen molar-refractivity contribution in [1.82, 2.24) is 0 Å². The normalized spacial score (nSPS) is 9.98. The molecule has 6 radical (unpaired) electrons. The van der Waals surface area contributed by atoms with E-state index in [1.165, 1.54) is 30.3 Å². The van der Waals surface area contributed by atoms with E-state index < -0.39 is 23.5 Å². The summed E-state index contributed by atoms with van der Waals surface area (Å²) in [6.07, 6.45) is -8.08. The van der Waals surface area contributed by atoms with Crippen LogP contribution in [-0.2, 0) is 19.0 Å². The largest absolute Gasteiger partial charge is 1.00 e. The van der Waals surface area contributed by atoms with Gasteiger partial charge in [-0.05, 0) is 90.5 Å². The molecular formula is C30H27B2Br2F6NaO5. The summed E-state index contributed by atoms with van der Waals surface area (Å²) in [5.74, 6) is 1.37. The first-order chi connectivity index (χ1) is 19.8. The van der Waals surface area contributed by atoms with Crippen LogP contribution in [0.1, 0.15) is 35.9 Å². The van der Waals surface area contributed by atoms with Gasteiger partial charge in [0.2, 0.25) is 0 Å². The first-order valence-electron chi connectivity index (χ1n) is 11.6. The van der Waals surface area contributed by atoms with Crippen molar-refractivity contribution in [3.8, 4) is 23.0 Å². The van der Waals surface area contributed by atoms with Crippen molar-refractivity contribution in [1.29, 1.82) is 0 Å². The third-order valence-corrected chi connectivity index (χ3v) is 6.61. The van der Waals surface area contributed by atoms with Crippen LogP contribution in [0.3, 0.4) is 0 Å². The molecule has 16 heteroatoms. The number of benzene rings is 4. The monoisotopic (exact) mass is 784 g/mol. The number of alkyl halides is 6. The number of aliphatic hydroxyl groups excluding tert-OH is 2. The Hall–Kier alpha value is -2.26. The van der Waals surface area contributed by atoms with E-state index in [4.69, 9.17) is 19.7 Å². The van der Waals surface area contributed by atoms with Gasteiger partial charge in [0, 0.05) is 38.4 Å². The third-order valence-electron chi connectivity index (χ3n) is 5.12. The summed E-state index contributed by atoms with van der Waals surface area (Å²) >= 11 is 6.46. The molecule has 4 aromatic carbocycles. The molecule has 46 heavy (non-hydrogen) atoms. The molecule has 240 valence electrons. The van der Waals surface area contributed by atoms with Crippen molar-refractivity contribution >= 4 is 55.0 Å². The van der Waals surface area contributed by atoms with Gasteiger partial charge in [0.05, 0.1) is 17.7 Å². The number of carbonyl (C=O) groups excluding carboxylic acids is 1. The van der Waals surface area contributed by atoms with E-state index in [0.717, 1.165) is 35.8 Å². The van der Waals surface area contributed by atoms with E-state index in [9.17, 15) is 31.1 Å². The summed E-state index contributed by atoms with van der Waals surface area (Å²) < 4.78 is 86.7. The number of carbonyl (C=O) groups is 1. The summed E-state index contributed by atoms with van der Waals surface area (Å²) in [5, 5.41) is 16.1. The minimum Gasteiger partial charge on any atom is -1.00 e. The fourth-order valence-corrected chi connectivity index (χ4v) is 3.82. The maximum Gasteiger partial charge on any atom is 1.00 e. The number of hydrogen-bond acceptors (Lipinski definition) is 5. The Bertz CT molecular complexity index is 1470. The standard InChI is InChI=1S/C14H10BrF3O2.C14H8BrF3O2.CH4O.CH4.2B.Na.H/c2*15-13-6-5-12(7-9(13)8-19)20-11-3-1-10(2-4-11)14(16,17)18;1-2;;;;;/h1-7,19H,8H2;1-8H;2H,1H3;1H4;;;;/q;;;;;;+1;-1. The molecule has 0 aliphatic heterocycles. The van der Waals surface area contributed by atoms with Crippen LogP contribution >= 0.6 is 31.9 Å². The van der Waals surface area contributed by atoms with Crippen LogP contribution in [0.25, 0.3) is 0 Å². The average molecular weight is 786 g/mol. The van der Waals surface area contributed by atoms with Crippen LogP contribution < -0.4 is 39.0 Å². The fourth-order valence-electron chi connectivity index (χ4n) is 3.11. The van der Waals surface area contributed by atoms with Gasteiger partial charge in [0.15, 0.2) is 6.29 Å². The molecule has 0 spiro atoms. The maximum atomic E-state index is 12.4. The first-order valence-corrected chi connectivity index (χ1v) is 13.2. The van der Waals surface area contributed by atoms with E-state index in [0.29, 0.717) is 39.1 Å². The maximum absolute atomic E-state index is 12.4. The van der Waals surface area contributed by atoms with Crippen molar-refractivity contribution in [3.05, 3.63) is 116 Å².